The minimum absolute atomic E-state index is 0.000538. The number of amidine groups is 1. The zero-order valence-electron chi connectivity index (χ0n) is 25.6. The molecule has 1 aliphatic heterocycles. The SMILES string of the molecule is CC(C)C1CCC2(CC1)N=C(c1cnccn1)C(=O)N2C(CCC(C)(C)C)c1ccc(C(=O)NCC(=N)N)cc1.NN. The summed E-state index contributed by atoms with van der Waals surface area (Å²) in [7, 11) is 0. The summed E-state index contributed by atoms with van der Waals surface area (Å²) in [5.41, 5.74) is 7.19. The zero-order valence-corrected chi connectivity index (χ0v) is 25.6. The number of nitrogens with one attached hydrogen (secondary N) is 2. The lowest BCUT2D eigenvalue weighted by Gasteiger charge is -2.46. The average Bonchev–Trinajstić information content (AvgIpc) is 3.24. The number of hydrogen-bond acceptors (Lipinski definition) is 8. The number of carbonyl (C=O) groups is 2. The molecule has 2 aromatic rings. The maximum Gasteiger partial charge on any atom is 0.276 e. The van der Waals surface area contributed by atoms with Crippen molar-refractivity contribution in [2.75, 3.05) is 6.54 Å². The first-order valence-electron chi connectivity index (χ1n) is 14.6. The lowest BCUT2D eigenvalue weighted by molar-refractivity contribution is -0.133. The largest absolute Gasteiger partial charge is 0.386 e. The third kappa shape index (κ3) is 7.77. The van der Waals surface area contributed by atoms with E-state index in [1.54, 1.807) is 30.7 Å². The van der Waals surface area contributed by atoms with Crippen LogP contribution in [0.1, 0.15) is 101 Å². The van der Waals surface area contributed by atoms with E-state index in [1.807, 2.05) is 17.0 Å². The molecule has 0 bridgehead atoms. The average molecular weight is 578 g/mol. The van der Waals surface area contributed by atoms with Gasteiger partial charge in [-0.25, -0.2) is 4.99 Å². The number of carbonyl (C=O) groups excluding carboxylic acids is 2. The van der Waals surface area contributed by atoms with E-state index < -0.39 is 5.66 Å². The molecule has 4 rings (SSSR count). The molecular formula is C31H47N9O2. The molecule has 1 aromatic carbocycles. The highest BCUT2D eigenvalue weighted by Crippen LogP contribution is 2.48. The Balaban J connectivity index is 0.00000237. The van der Waals surface area contributed by atoms with Crippen LogP contribution in [0.3, 0.4) is 0 Å². The fraction of sp³-hybridized carbons (Fsp3) is 0.548. The van der Waals surface area contributed by atoms with Crippen LogP contribution >= 0.6 is 0 Å². The number of hydrazine groups is 1. The number of benzene rings is 1. The summed E-state index contributed by atoms with van der Waals surface area (Å²) in [5.74, 6) is 8.70. The molecule has 11 heteroatoms. The van der Waals surface area contributed by atoms with E-state index >= 15 is 0 Å². The molecule has 228 valence electrons. The van der Waals surface area contributed by atoms with E-state index in [0.29, 0.717) is 28.8 Å². The molecule has 1 aromatic heterocycles. The predicted octanol–water partition coefficient (Wildman–Crippen LogP) is 3.70. The number of aliphatic imine (C=N–C) groups is 1. The summed E-state index contributed by atoms with van der Waals surface area (Å²) >= 11 is 0. The molecule has 1 fully saturated rings. The van der Waals surface area contributed by atoms with Gasteiger partial charge in [0.2, 0.25) is 0 Å². The molecule has 1 atom stereocenters. The van der Waals surface area contributed by atoms with Crippen LogP contribution in [-0.2, 0) is 4.79 Å². The van der Waals surface area contributed by atoms with Gasteiger partial charge in [-0.3, -0.25) is 36.7 Å². The molecule has 2 heterocycles. The van der Waals surface area contributed by atoms with E-state index in [4.69, 9.17) is 16.1 Å². The van der Waals surface area contributed by atoms with Crippen molar-refractivity contribution in [2.45, 2.75) is 84.8 Å². The van der Waals surface area contributed by atoms with E-state index in [9.17, 15) is 9.59 Å². The van der Waals surface area contributed by atoms with Crippen molar-refractivity contribution in [1.82, 2.24) is 20.2 Å². The van der Waals surface area contributed by atoms with Crippen molar-refractivity contribution in [3.05, 3.63) is 59.7 Å². The Morgan fingerprint density at radius 3 is 2.31 bits per heavy atom. The Kier molecular flexibility index (Phi) is 10.9. The Morgan fingerprint density at radius 2 is 1.79 bits per heavy atom. The smallest absolute Gasteiger partial charge is 0.276 e. The van der Waals surface area contributed by atoms with Crippen LogP contribution in [-0.4, -0.2) is 50.4 Å². The van der Waals surface area contributed by atoms with E-state index in [-0.39, 0.29) is 35.7 Å². The summed E-state index contributed by atoms with van der Waals surface area (Å²) in [5, 5.41) is 10.0. The van der Waals surface area contributed by atoms with Gasteiger partial charge in [-0.2, -0.15) is 0 Å². The normalized spacial score (nSPS) is 21.0. The van der Waals surface area contributed by atoms with Crippen molar-refractivity contribution < 1.29 is 9.59 Å². The van der Waals surface area contributed by atoms with Gasteiger partial charge < -0.3 is 16.0 Å². The molecule has 1 unspecified atom stereocenters. The van der Waals surface area contributed by atoms with Crippen molar-refractivity contribution in [2.24, 2.45) is 39.7 Å². The minimum Gasteiger partial charge on any atom is -0.386 e. The molecule has 8 N–H and O–H groups in total. The summed E-state index contributed by atoms with van der Waals surface area (Å²) in [4.78, 5) is 42.7. The molecule has 0 saturated heterocycles. The minimum atomic E-state index is -0.630. The van der Waals surface area contributed by atoms with Crippen LogP contribution in [0.5, 0.6) is 0 Å². The van der Waals surface area contributed by atoms with Crippen molar-refractivity contribution >= 4 is 23.4 Å². The predicted molar refractivity (Wildman–Crippen MR) is 165 cm³/mol. The molecule has 1 aliphatic carbocycles. The zero-order chi connectivity index (χ0) is 31.1. The van der Waals surface area contributed by atoms with Gasteiger partial charge in [0, 0.05) is 18.0 Å². The van der Waals surface area contributed by atoms with Gasteiger partial charge in [0.15, 0.2) is 5.71 Å². The Morgan fingerprint density at radius 1 is 1.14 bits per heavy atom. The second kappa shape index (κ2) is 14.0. The molecule has 1 spiro atoms. The maximum atomic E-state index is 14.3. The van der Waals surface area contributed by atoms with Crippen LogP contribution in [0, 0.1) is 22.7 Å². The van der Waals surface area contributed by atoms with Gasteiger partial charge in [0.05, 0.1) is 18.8 Å². The highest BCUT2D eigenvalue weighted by molar-refractivity contribution is 6.46. The van der Waals surface area contributed by atoms with Gasteiger partial charge in [-0.05, 0) is 73.5 Å². The Labute approximate surface area is 249 Å². The van der Waals surface area contributed by atoms with Gasteiger partial charge in [-0.15, -0.1) is 0 Å². The third-order valence-corrected chi connectivity index (χ3v) is 8.25. The van der Waals surface area contributed by atoms with Crippen LogP contribution in [0.4, 0.5) is 0 Å². The molecule has 1 saturated carbocycles. The topological polar surface area (TPSA) is 189 Å². The second-order valence-corrected chi connectivity index (χ2v) is 12.7. The highest BCUT2D eigenvalue weighted by atomic mass is 16.2. The van der Waals surface area contributed by atoms with Gasteiger partial charge >= 0.3 is 0 Å². The fourth-order valence-electron chi connectivity index (χ4n) is 5.90. The highest BCUT2D eigenvalue weighted by Gasteiger charge is 2.52. The molecule has 2 amide bonds. The first-order chi connectivity index (χ1) is 19.9. The second-order valence-electron chi connectivity index (χ2n) is 12.7. The van der Waals surface area contributed by atoms with Gasteiger partial charge in [0.25, 0.3) is 11.8 Å². The summed E-state index contributed by atoms with van der Waals surface area (Å²) in [6.07, 6.45) is 10.1. The first kappa shape index (κ1) is 32.8. The number of aromatic nitrogens is 2. The number of nitrogens with zero attached hydrogens (tertiary/aromatic N) is 4. The van der Waals surface area contributed by atoms with Crippen molar-refractivity contribution in [3.63, 3.8) is 0 Å². The molecule has 11 nitrogen and oxygen atoms in total. The number of nitrogens with two attached hydrogens (primary N) is 3. The molecule has 0 radical (unpaired) electrons. The van der Waals surface area contributed by atoms with Crippen molar-refractivity contribution in [1.29, 1.82) is 5.41 Å². The fourth-order valence-corrected chi connectivity index (χ4v) is 5.90. The molecular weight excluding hydrogens is 530 g/mol. The van der Waals surface area contributed by atoms with E-state index in [0.717, 1.165) is 44.1 Å². The van der Waals surface area contributed by atoms with Crippen molar-refractivity contribution in [3.8, 4) is 0 Å². The summed E-state index contributed by atoms with van der Waals surface area (Å²) in [6, 6.07) is 7.23. The van der Waals surface area contributed by atoms with Crippen LogP contribution < -0.4 is 22.7 Å². The van der Waals surface area contributed by atoms with Gasteiger partial charge in [0.1, 0.15) is 17.2 Å². The lowest BCUT2D eigenvalue weighted by Crippen LogP contribution is -2.51. The summed E-state index contributed by atoms with van der Waals surface area (Å²) in [6.45, 7) is 11.2. The lowest BCUT2D eigenvalue weighted by atomic mass is 9.75. The summed E-state index contributed by atoms with van der Waals surface area (Å²) < 4.78 is 0. The van der Waals surface area contributed by atoms with E-state index in [1.165, 1.54) is 0 Å². The maximum absolute atomic E-state index is 14.3. The van der Waals surface area contributed by atoms with E-state index in [2.05, 4.69) is 61.6 Å². The third-order valence-electron chi connectivity index (χ3n) is 8.25. The molecule has 2 aliphatic rings. The van der Waals surface area contributed by atoms with Crippen LogP contribution in [0.15, 0.2) is 47.8 Å². The van der Waals surface area contributed by atoms with Crippen LogP contribution in [0.25, 0.3) is 0 Å². The first-order valence-corrected chi connectivity index (χ1v) is 14.6. The Bertz CT molecular complexity index is 1250. The number of rotatable bonds is 9. The number of amides is 2. The van der Waals surface area contributed by atoms with Crippen LogP contribution in [0.2, 0.25) is 0 Å². The quantitative estimate of drug-likeness (QED) is 0.130. The number of hydrogen-bond donors (Lipinski definition) is 5. The Hall–Kier alpha value is -3.70. The monoisotopic (exact) mass is 577 g/mol. The standard InChI is InChI=1S/C31H43N7O2.H4N2/c1-20(2)21-10-14-31(15-11-21)37-27(24-18-34-16-17-35-24)29(40)38(31)25(12-13-30(3,4)5)22-6-8-23(9-7-22)28(39)36-19-26(32)33;1-2/h6-9,16-18,20-21,25H,10-15,19H2,1-5H3,(H3,32,33)(H,36,39);1-2H2. The molecule has 42 heavy (non-hydrogen) atoms. The van der Waals surface area contributed by atoms with Gasteiger partial charge in [-0.1, -0.05) is 46.8 Å².